The zero-order valence-corrected chi connectivity index (χ0v) is 12.0. The summed E-state index contributed by atoms with van der Waals surface area (Å²) in [5.41, 5.74) is 0. The van der Waals surface area contributed by atoms with E-state index >= 15 is 0 Å². The fourth-order valence-electron chi connectivity index (χ4n) is 3.84. The monoisotopic (exact) mass is 283 g/mol. The lowest BCUT2D eigenvalue weighted by atomic mass is 9.94. The Bertz CT molecular complexity index is 371. The number of amides is 1. The van der Waals surface area contributed by atoms with E-state index in [0.717, 1.165) is 19.3 Å². The number of carboxylic acid groups (broad SMARTS) is 1. The molecule has 2 aliphatic rings. The summed E-state index contributed by atoms with van der Waals surface area (Å²) in [5, 5.41) is 21.4. The molecule has 0 radical (unpaired) electrons. The zero-order chi connectivity index (χ0) is 14.7. The minimum atomic E-state index is -0.858. The third kappa shape index (κ3) is 3.32. The highest BCUT2D eigenvalue weighted by atomic mass is 16.4. The molecule has 2 fully saturated rings. The Kier molecular flexibility index (Phi) is 5.02. The van der Waals surface area contributed by atoms with Gasteiger partial charge in [0.15, 0.2) is 0 Å². The van der Waals surface area contributed by atoms with Gasteiger partial charge in [-0.2, -0.15) is 0 Å². The van der Waals surface area contributed by atoms with Crippen molar-refractivity contribution in [3.05, 3.63) is 0 Å². The molecule has 2 saturated carbocycles. The van der Waals surface area contributed by atoms with Gasteiger partial charge >= 0.3 is 5.97 Å². The lowest BCUT2D eigenvalue weighted by Gasteiger charge is -2.20. The van der Waals surface area contributed by atoms with Crippen molar-refractivity contribution in [1.29, 1.82) is 0 Å². The molecule has 5 nitrogen and oxygen atoms in total. The fraction of sp³-hybridized carbons (Fsp3) is 0.867. The second kappa shape index (κ2) is 6.57. The van der Waals surface area contributed by atoms with Crippen molar-refractivity contribution in [1.82, 2.24) is 5.32 Å². The van der Waals surface area contributed by atoms with Gasteiger partial charge in [-0.05, 0) is 43.4 Å². The van der Waals surface area contributed by atoms with E-state index in [2.05, 4.69) is 5.32 Å². The lowest BCUT2D eigenvalue weighted by molar-refractivity contribution is -0.146. The van der Waals surface area contributed by atoms with Crippen LogP contribution in [-0.2, 0) is 9.59 Å². The summed E-state index contributed by atoms with van der Waals surface area (Å²) in [6.45, 7) is 2.75. The van der Waals surface area contributed by atoms with Crippen LogP contribution in [0.4, 0.5) is 0 Å². The average Bonchev–Trinajstić information content (AvgIpc) is 3.01. The van der Waals surface area contributed by atoms with Gasteiger partial charge in [-0.15, -0.1) is 0 Å². The Balaban J connectivity index is 1.86. The molecule has 20 heavy (non-hydrogen) atoms. The molecule has 3 N–H and O–H groups in total. The molecule has 0 saturated heterocycles. The number of carboxylic acids is 1. The third-order valence-corrected chi connectivity index (χ3v) is 5.04. The molecule has 2 rings (SSSR count). The second-order valence-electron chi connectivity index (χ2n) is 6.51. The highest BCUT2D eigenvalue weighted by molar-refractivity contribution is 5.85. The molecule has 0 bridgehead atoms. The predicted molar refractivity (Wildman–Crippen MR) is 73.9 cm³/mol. The maximum Gasteiger partial charge on any atom is 0.307 e. The van der Waals surface area contributed by atoms with Crippen LogP contribution in [0, 0.1) is 29.6 Å². The van der Waals surface area contributed by atoms with Crippen molar-refractivity contribution in [2.75, 3.05) is 13.2 Å². The quantitative estimate of drug-likeness (QED) is 0.709. The minimum Gasteiger partial charge on any atom is -0.481 e. The fourth-order valence-corrected chi connectivity index (χ4v) is 3.84. The first-order valence-electron chi connectivity index (χ1n) is 7.64. The Morgan fingerprint density at radius 2 is 1.80 bits per heavy atom. The van der Waals surface area contributed by atoms with E-state index in [1.807, 2.05) is 6.92 Å². The Morgan fingerprint density at radius 1 is 1.15 bits per heavy atom. The van der Waals surface area contributed by atoms with Crippen LogP contribution in [0.1, 0.15) is 39.0 Å². The first kappa shape index (κ1) is 15.3. The normalized spacial score (nSPS) is 37.0. The maximum atomic E-state index is 12.2. The molecule has 114 valence electrons. The second-order valence-corrected chi connectivity index (χ2v) is 6.51. The van der Waals surface area contributed by atoms with Crippen LogP contribution >= 0.6 is 0 Å². The van der Waals surface area contributed by atoms with Crippen LogP contribution in [-0.4, -0.2) is 35.2 Å². The topological polar surface area (TPSA) is 86.6 Å². The molecular formula is C15H25NO4. The number of carbonyl (C=O) groups excluding carboxylic acids is 1. The van der Waals surface area contributed by atoms with E-state index < -0.39 is 17.8 Å². The van der Waals surface area contributed by atoms with E-state index in [0.29, 0.717) is 31.2 Å². The molecule has 5 atom stereocenters. The Morgan fingerprint density at radius 3 is 2.45 bits per heavy atom. The minimum absolute atomic E-state index is 0.120. The predicted octanol–water partition coefficient (Wildman–Crippen LogP) is 1.26. The van der Waals surface area contributed by atoms with Gasteiger partial charge in [-0.1, -0.05) is 13.3 Å². The largest absolute Gasteiger partial charge is 0.481 e. The molecule has 0 aromatic carbocycles. The smallest absolute Gasteiger partial charge is 0.307 e. The van der Waals surface area contributed by atoms with Crippen LogP contribution in [0.15, 0.2) is 0 Å². The molecule has 1 amide bonds. The molecule has 2 aliphatic carbocycles. The van der Waals surface area contributed by atoms with Gasteiger partial charge in [-0.3, -0.25) is 9.59 Å². The van der Waals surface area contributed by atoms with Crippen LogP contribution in [0.5, 0.6) is 0 Å². The van der Waals surface area contributed by atoms with Gasteiger partial charge in [0.1, 0.15) is 0 Å². The van der Waals surface area contributed by atoms with Crippen molar-refractivity contribution in [2.45, 2.75) is 39.0 Å². The van der Waals surface area contributed by atoms with Gasteiger partial charge in [0.05, 0.1) is 11.8 Å². The highest BCUT2D eigenvalue weighted by Crippen LogP contribution is 2.37. The van der Waals surface area contributed by atoms with Crippen molar-refractivity contribution in [3.63, 3.8) is 0 Å². The van der Waals surface area contributed by atoms with Gasteiger partial charge in [0, 0.05) is 13.2 Å². The number of rotatable bonds is 5. The SMILES string of the molecule is CC1CC(C(=O)O)C(C(=O)NCC2CCCC2CO)C1. The van der Waals surface area contributed by atoms with Gasteiger partial charge in [0.2, 0.25) is 5.91 Å². The van der Waals surface area contributed by atoms with Gasteiger partial charge in [-0.25, -0.2) is 0 Å². The first-order chi connectivity index (χ1) is 9.52. The van der Waals surface area contributed by atoms with Crippen molar-refractivity contribution in [2.24, 2.45) is 29.6 Å². The Labute approximate surface area is 119 Å². The van der Waals surface area contributed by atoms with Crippen LogP contribution in [0.3, 0.4) is 0 Å². The van der Waals surface area contributed by atoms with E-state index in [-0.39, 0.29) is 18.4 Å². The number of aliphatic carboxylic acids is 1. The summed E-state index contributed by atoms with van der Waals surface area (Å²) in [4.78, 5) is 23.4. The van der Waals surface area contributed by atoms with Crippen molar-refractivity contribution >= 4 is 11.9 Å². The summed E-state index contributed by atoms with van der Waals surface area (Å²) < 4.78 is 0. The number of aliphatic hydroxyl groups excluding tert-OH is 1. The van der Waals surface area contributed by atoms with E-state index in [9.17, 15) is 19.8 Å². The van der Waals surface area contributed by atoms with Crippen molar-refractivity contribution < 1.29 is 19.8 Å². The highest BCUT2D eigenvalue weighted by Gasteiger charge is 2.41. The van der Waals surface area contributed by atoms with E-state index in [4.69, 9.17) is 0 Å². The lowest BCUT2D eigenvalue weighted by Crippen LogP contribution is -2.38. The van der Waals surface area contributed by atoms with E-state index in [1.54, 1.807) is 0 Å². The molecule has 5 heteroatoms. The van der Waals surface area contributed by atoms with Crippen LogP contribution < -0.4 is 5.32 Å². The molecular weight excluding hydrogens is 258 g/mol. The molecule has 5 unspecified atom stereocenters. The molecule has 0 aromatic heterocycles. The summed E-state index contributed by atoms with van der Waals surface area (Å²) >= 11 is 0. The number of carbonyl (C=O) groups is 2. The summed E-state index contributed by atoms with van der Waals surface area (Å²) in [6.07, 6.45) is 4.42. The third-order valence-electron chi connectivity index (χ3n) is 5.04. The molecule has 0 spiro atoms. The van der Waals surface area contributed by atoms with Gasteiger partial charge in [0.25, 0.3) is 0 Å². The number of hydrogen-bond donors (Lipinski definition) is 3. The average molecular weight is 283 g/mol. The maximum absolute atomic E-state index is 12.2. The Hall–Kier alpha value is -1.10. The summed E-state index contributed by atoms with van der Waals surface area (Å²) in [6, 6.07) is 0. The molecule has 0 aliphatic heterocycles. The van der Waals surface area contributed by atoms with Gasteiger partial charge < -0.3 is 15.5 Å². The summed E-state index contributed by atoms with van der Waals surface area (Å²) in [5.74, 6) is -0.990. The van der Waals surface area contributed by atoms with E-state index in [1.165, 1.54) is 0 Å². The molecule has 0 aromatic rings. The first-order valence-corrected chi connectivity index (χ1v) is 7.64. The summed E-state index contributed by atoms with van der Waals surface area (Å²) in [7, 11) is 0. The van der Waals surface area contributed by atoms with Crippen LogP contribution in [0.2, 0.25) is 0 Å². The number of hydrogen-bond acceptors (Lipinski definition) is 3. The zero-order valence-electron chi connectivity index (χ0n) is 12.0. The number of aliphatic hydroxyl groups is 1. The van der Waals surface area contributed by atoms with Crippen molar-refractivity contribution in [3.8, 4) is 0 Å². The standard InChI is InChI=1S/C15H25NO4/c1-9-5-12(13(6-9)15(19)20)14(18)16-7-10-3-2-4-11(10)8-17/h9-13,17H,2-8H2,1H3,(H,16,18)(H,19,20). The molecule has 0 heterocycles. The number of nitrogens with one attached hydrogen (secondary N) is 1. The van der Waals surface area contributed by atoms with Crippen LogP contribution in [0.25, 0.3) is 0 Å².